The second-order valence-electron chi connectivity index (χ2n) is 5.86. The van der Waals surface area contributed by atoms with Gasteiger partial charge < -0.3 is 14.4 Å². The molecule has 1 heterocycles. The molecule has 0 saturated carbocycles. The van der Waals surface area contributed by atoms with E-state index in [0.717, 1.165) is 58.8 Å². The molecule has 5 nitrogen and oxygen atoms in total. The van der Waals surface area contributed by atoms with Gasteiger partial charge in [-0.05, 0) is 26.7 Å². The van der Waals surface area contributed by atoms with Gasteiger partial charge in [-0.15, -0.1) is 0 Å². The van der Waals surface area contributed by atoms with Gasteiger partial charge in [0.2, 0.25) is 5.91 Å². The van der Waals surface area contributed by atoms with E-state index in [9.17, 15) is 4.79 Å². The molecule has 1 saturated heterocycles. The Bertz CT molecular complexity index is 277. The SMILES string of the molecule is CCCOCCCC(=O)N1CCN(CCOC(C)C)CC1. The van der Waals surface area contributed by atoms with Gasteiger partial charge in [-0.25, -0.2) is 0 Å². The Kier molecular flexibility index (Phi) is 9.63. The summed E-state index contributed by atoms with van der Waals surface area (Å²) in [5, 5.41) is 0. The van der Waals surface area contributed by atoms with E-state index in [-0.39, 0.29) is 5.91 Å². The third kappa shape index (κ3) is 8.39. The summed E-state index contributed by atoms with van der Waals surface area (Å²) in [5.74, 6) is 0.271. The molecule has 0 aromatic heterocycles. The van der Waals surface area contributed by atoms with E-state index >= 15 is 0 Å². The first kappa shape index (κ1) is 18.4. The van der Waals surface area contributed by atoms with Crippen molar-refractivity contribution < 1.29 is 14.3 Å². The van der Waals surface area contributed by atoms with Gasteiger partial charge in [-0.3, -0.25) is 9.69 Å². The average Bonchev–Trinajstić information content (AvgIpc) is 2.47. The molecule has 0 aliphatic carbocycles. The Labute approximate surface area is 129 Å². The first-order valence-electron chi connectivity index (χ1n) is 8.33. The number of carbonyl (C=O) groups is 1. The third-order valence-corrected chi connectivity index (χ3v) is 3.61. The highest BCUT2D eigenvalue weighted by atomic mass is 16.5. The number of hydrogen-bond donors (Lipinski definition) is 0. The van der Waals surface area contributed by atoms with Crippen molar-refractivity contribution in [3.63, 3.8) is 0 Å². The second kappa shape index (κ2) is 11.0. The lowest BCUT2D eigenvalue weighted by Gasteiger charge is -2.34. The van der Waals surface area contributed by atoms with Crippen molar-refractivity contribution in [2.24, 2.45) is 0 Å². The molecule has 21 heavy (non-hydrogen) atoms. The van der Waals surface area contributed by atoms with Crippen LogP contribution >= 0.6 is 0 Å². The van der Waals surface area contributed by atoms with E-state index < -0.39 is 0 Å². The van der Waals surface area contributed by atoms with Crippen molar-refractivity contribution in [1.82, 2.24) is 9.80 Å². The van der Waals surface area contributed by atoms with Crippen LogP contribution in [-0.4, -0.2) is 74.4 Å². The van der Waals surface area contributed by atoms with Crippen LogP contribution in [-0.2, 0) is 14.3 Å². The van der Waals surface area contributed by atoms with E-state index in [4.69, 9.17) is 9.47 Å². The standard InChI is InChI=1S/C16H32N2O3/c1-4-12-20-13-5-6-16(19)18-9-7-17(8-10-18)11-14-21-15(2)3/h15H,4-14H2,1-3H3. The van der Waals surface area contributed by atoms with Crippen LogP contribution in [0.3, 0.4) is 0 Å². The Morgan fingerprint density at radius 3 is 2.43 bits per heavy atom. The van der Waals surface area contributed by atoms with Gasteiger partial charge in [0.25, 0.3) is 0 Å². The number of piperazine rings is 1. The maximum absolute atomic E-state index is 12.1. The lowest BCUT2D eigenvalue weighted by molar-refractivity contribution is -0.133. The molecular formula is C16H32N2O3. The van der Waals surface area contributed by atoms with E-state index in [2.05, 4.69) is 25.7 Å². The predicted molar refractivity (Wildman–Crippen MR) is 84.5 cm³/mol. The average molecular weight is 300 g/mol. The Morgan fingerprint density at radius 2 is 1.81 bits per heavy atom. The minimum atomic E-state index is 0.271. The number of ether oxygens (including phenoxy) is 2. The molecule has 0 bridgehead atoms. The van der Waals surface area contributed by atoms with Crippen molar-refractivity contribution in [3.05, 3.63) is 0 Å². The largest absolute Gasteiger partial charge is 0.381 e. The molecule has 1 aliphatic heterocycles. The van der Waals surface area contributed by atoms with Crippen LogP contribution in [0, 0.1) is 0 Å². The van der Waals surface area contributed by atoms with Crippen LogP contribution in [0.2, 0.25) is 0 Å². The van der Waals surface area contributed by atoms with Gasteiger partial charge in [-0.2, -0.15) is 0 Å². The van der Waals surface area contributed by atoms with E-state index in [1.54, 1.807) is 0 Å². The molecule has 5 heteroatoms. The molecule has 0 aromatic rings. The van der Waals surface area contributed by atoms with Crippen molar-refractivity contribution in [3.8, 4) is 0 Å². The quantitative estimate of drug-likeness (QED) is 0.577. The lowest BCUT2D eigenvalue weighted by Crippen LogP contribution is -2.49. The van der Waals surface area contributed by atoms with Gasteiger partial charge in [-0.1, -0.05) is 6.92 Å². The molecule has 0 unspecified atom stereocenters. The van der Waals surface area contributed by atoms with E-state index in [1.165, 1.54) is 0 Å². The summed E-state index contributed by atoms with van der Waals surface area (Å²) < 4.78 is 11.0. The number of hydrogen-bond acceptors (Lipinski definition) is 4. The fraction of sp³-hybridized carbons (Fsp3) is 0.938. The normalized spacial score (nSPS) is 16.7. The minimum Gasteiger partial charge on any atom is -0.381 e. The molecule has 0 radical (unpaired) electrons. The monoisotopic (exact) mass is 300 g/mol. The zero-order valence-corrected chi connectivity index (χ0v) is 14.0. The highest BCUT2D eigenvalue weighted by Gasteiger charge is 2.20. The smallest absolute Gasteiger partial charge is 0.222 e. The zero-order chi connectivity index (χ0) is 15.5. The summed E-state index contributed by atoms with van der Waals surface area (Å²) >= 11 is 0. The predicted octanol–water partition coefficient (Wildman–Crippen LogP) is 1.76. The highest BCUT2D eigenvalue weighted by Crippen LogP contribution is 2.05. The van der Waals surface area contributed by atoms with Crippen LogP contribution in [0.1, 0.15) is 40.0 Å². The summed E-state index contributed by atoms with van der Waals surface area (Å²) in [5.41, 5.74) is 0. The number of amides is 1. The summed E-state index contributed by atoms with van der Waals surface area (Å²) in [4.78, 5) is 16.4. The fourth-order valence-corrected chi connectivity index (χ4v) is 2.37. The summed E-state index contributed by atoms with van der Waals surface area (Å²) in [6.45, 7) is 13.0. The number of rotatable bonds is 10. The van der Waals surface area contributed by atoms with Gasteiger partial charge in [0.15, 0.2) is 0 Å². The minimum absolute atomic E-state index is 0.271. The van der Waals surface area contributed by atoms with E-state index in [1.807, 2.05) is 4.90 Å². The molecule has 124 valence electrons. The van der Waals surface area contributed by atoms with Crippen LogP contribution in [0.4, 0.5) is 0 Å². The lowest BCUT2D eigenvalue weighted by atomic mass is 10.2. The molecular weight excluding hydrogens is 268 g/mol. The first-order valence-corrected chi connectivity index (χ1v) is 8.33. The van der Waals surface area contributed by atoms with Crippen molar-refractivity contribution in [2.45, 2.75) is 46.1 Å². The van der Waals surface area contributed by atoms with Gasteiger partial charge in [0.1, 0.15) is 0 Å². The van der Waals surface area contributed by atoms with E-state index in [0.29, 0.717) is 19.1 Å². The van der Waals surface area contributed by atoms with Crippen LogP contribution in [0.15, 0.2) is 0 Å². The van der Waals surface area contributed by atoms with Crippen LogP contribution in [0.5, 0.6) is 0 Å². The molecule has 0 spiro atoms. The topological polar surface area (TPSA) is 42.0 Å². The van der Waals surface area contributed by atoms with Gasteiger partial charge in [0, 0.05) is 52.4 Å². The van der Waals surface area contributed by atoms with Gasteiger partial charge >= 0.3 is 0 Å². The maximum Gasteiger partial charge on any atom is 0.222 e. The fourth-order valence-electron chi connectivity index (χ4n) is 2.37. The molecule has 1 fully saturated rings. The summed E-state index contributed by atoms with van der Waals surface area (Å²) in [6.07, 6.45) is 2.78. The Morgan fingerprint density at radius 1 is 1.10 bits per heavy atom. The first-order chi connectivity index (χ1) is 10.1. The molecule has 1 aliphatic rings. The van der Waals surface area contributed by atoms with Gasteiger partial charge in [0.05, 0.1) is 12.7 Å². The summed E-state index contributed by atoms with van der Waals surface area (Å²) in [6, 6.07) is 0. The molecule has 0 aromatic carbocycles. The van der Waals surface area contributed by atoms with Crippen molar-refractivity contribution in [2.75, 3.05) is 52.5 Å². The second-order valence-corrected chi connectivity index (χ2v) is 5.86. The Hall–Kier alpha value is -0.650. The van der Waals surface area contributed by atoms with Crippen molar-refractivity contribution >= 4 is 5.91 Å². The Balaban J connectivity index is 2.07. The zero-order valence-electron chi connectivity index (χ0n) is 14.0. The molecule has 0 N–H and O–H groups in total. The number of carbonyl (C=O) groups excluding carboxylic acids is 1. The van der Waals surface area contributed by atoms with Crippen LogP contribution in [0.25, 0.3) is 0 Å². The van der Waals surface area contributed by atoms with Crippen molar-refractivity contribution in [1.29, 1.82) is 0 Å². The highest BCUT2D eigenvalue weighted by molar-refractivity contribution is 5.76. The number of nitrogens with zero attached hydrogens (tertiary/aromatic N) is 2. The molecule has 0 atom stereocenters. The van der Waals surface area contributed by atoms with Crippen LogP contribution < -0.4 is 0 Å². The molecule has 1 rings (SSSR count). The molecule has 1 amide bonds. The summed E-state index contributed by atoms with van der Waals surface area (Å²) in [7, 11) is 0. The maximum atomic E-state index is 12.1. The third-order valence-electron chi connectivity index (χ3n) is 3.61.